The zero-order valence-electron chi connectivity index (χ0n) is 12.9. The van der Waals surface area contributed by atoms with Crippen molar-refractivity contribution < 1.29 is 4.74 Å². The number of ether oxygens (including phenoxy) is 1. The first kappa shape index (κ1) is 15.2. The number of rotatable bonds is 7. The molecule has 0 aromatic heterocycles. The van der Waals surface area contributed by atoms with E-state index in [1.807, 2.05) is 0 Å². The predicted molar refractivity (Wildman–Crippen MR) is 79.5 cm³/mol. The van der Waals surface area contributed by atoms with Crippen LogP contribution in [-0.4, -0.2) is 74.4 Å². The van der Waals surface area contributed by atoms with Crippen LogP contribution in [0.3, 0.4) is 0 Å². The molecular weight excluding hydrogens is 238 g/mol. The van der Waals surface area contributed by atoms with Crippen LogP contribution in [0.2, 0.25) is 0 Å². The fraction of sp³-hybridized carbons (Fsp3) is 1.00. The molecule has 2 saturated heterocycles. The Hall–Kier alpha value is -0.160. The second-order valence-corrected chi connectivity index (χ2v) is 6.45. The number of nitrogens with zero attached hydrogens (tertiary/aromatic N) is 2. The van der Waals surface area contributed by atoms with Gasteiger partial charge in [-0.1, -0.05) is 20.8 Å². The van der Waals surface area contributed by atoms with E-state index in [1.165, 1.54) is 19.5 Å². The highest BCUT2D eigenvalue weighted by Gasteiger charge is 2.28. The van der Waals surface area contributed by atoms with Crippen LogP contribution in [0.1, 0.15) is 27.2 Å². The molecule has 0 aliphatic carbocycles. The van der Waals surface area contributed by atoms with E-state index in [9.17, 15) is 0 Å². The molecule has 2 aliphatic rings. The third-order valence-electron chi connectivity index (χ3n) is 4.07. The molecule has 0 bridgehead atoms. The summed E-state index contributed by atoms with van der Waals surface area (Å²) in [6, 6.07) is 0.740. The molecule has 1 N–H and O–H groups in total. The molecule has 0 aromatic rings. The van der Waals surface area contributed by atoms with Crippen LogP contribution in [0.4, 0.5) is 0 Å². The summed E-state index contributed by atoms with van der Waals surface area (Å²) >= 11 is 0. The minimum atomic E-state index is 0.402. The van der Waals surface area contributed by atoms with E-state index in [1.54, 1.807) is 0 Å². The Bertz CT molecular complexity index is 256. The van der Waals surface area contributed by atoms with Gasteiger partial charge in [-0.15, -0.1) is 0 Å². The topological polar surface area (TPSA) is 27.7 Å². The maximum Gasteiger partial charge on any atom is 0.0829 e. The van der Waals surface area contributed by atoms with Crippen molar-refractivity contribution in [3.63, 3.8) is 0 Å². The van der Waals surface area contributed by atoms with Crippen LogP contribution in [0.5, 0.6) is 0 Å². The molecule has 0 saturated carbocycles. The monoisotopic (exact) mass is 269 g/mol. The van der Waals surface area contributed by atoms with Gasteiger partial charge in [-0.3, -0.25) is 9.80 Å². The summed E-state index contributed by atoms with van der Waals surface area (Å²) < 4.78 is 5.98. The fourth-order valence-corrected chi connectivity index (χ4v) is 3.08. The summed E-state index contributed by atoms with van der Waals surface area (Å²) in [6.45, 7) is 15.8. The summed E-state index contributed by atoms with van der Waals surface area (Å²) in [7, 11) is 0. The van der Waals surface area contributed by atoms with Crippen LogP contribution in [0.25, 0.3) is 0 Å². The van der Waals surface area contributed by atoms with Crippen LogP contribution < -0.4 is 5.32 Å². The molecule has 2 heterocycles. The maximum atomic E-state index is 5.98. The Balaban J connectivity index is 1.78. The van der Waals surface area contributed by atoms with Crippen molar-refractivity contribution in [2.45, 2.75) is 39.3 Å². The molecule has 4 heteroatoms. The Morgan fingerprint density at radius 3 is 2.74 bits per heavy atom. The molecule has 19 heavy (non-hydrogen) atoms. The van der Waals surface area contributed by atoms with E-state index >= 15 is 0 Å². The van der Waals surface area contributed by atoms with Gasteiger partial charge in [-0.05, 0) is 18.9 Å². The lowest BCUT2D eigenvalue weighted by Crippen LogP contribution is -2.60. The highest BCUT2D eigenvalue weighted by molar-refractivity contribution is 4.87. The van der Waals surface area contributed by atoms with Crippen molar-refractivity contribution in [1.82, 2.24) is 15.1 Å². The normalized spacial score (nSPS) is 26.1. The molecule has 2 rings (SSSR count). The molecule has 0 aromatic carbocycles. The standard InChI is InChI=1S/C15H31N3O/c1-4-5-18(14-8-16-9-14)12-15-11-17(6-7-19-15)10-13(2)3/h13-16H,4-12H2,1-3H3. The molecule has 4 nitrogen and oxygen atoms in total. The molecule has 112 valence electrons. The first-order valence-corrected chi connectivity index (χ1v) is 7.97. The van der Waals surface area contributed by atoms with E-state index in [0.29, 0.717) is 6.10 Å². The average molecular weight is 269 g/mol. The molecular formula is C15H31N3O. The lowest BCUT2D eigenvalue weighted by atomic mass is 10.1. The van der Waals surface area contributed by atoms with Crippen molar-refractivity contribution in [2.24, 2.45) is 5.92 Å². The summed E-state index contributed by atoms with van der Waals surface area (Å²) in [5.74, 6) is 0.751. The van der Waals surface area contributed by atoms with Crippen molar-refractivity contribution in [1.29, 1.82) is 0 Å². The number of hydrogen-bond acceptors (Lipinski definition) is 4. The number of hydrogen-bond donors (Lipinski definition) is 1. The number of morpholine rings is 1. The van der Waals surface area contributed by atoms with E-state index in [4.69, 9.17) is 4.74 Å². The summed E-state index contributed by atoms with van der Waals surface area (Å²) in [5, 5.41) is 3.38. The third kappa shape index (κ3) is 4.71. The lowest BCUT2D eigenvalue weighted by Gasteiger charge is -2.42. The molecule has 2 aliphatic heterocycles. The van der Waals surface area contributed by atoms with Gasteiger partial charge in [-0.2, -0.15) is 0 Å². The Labute approximate surface area is 118 Å². The molecule has 0 radical (unpaired) electrons. The average Bonchev–Trinajstić information content (AvgIpc) is 2.26. The van der Waals surface area contributed by atoms with Crippen molar-refractivity contribution in [2.75, 3.05) is 52.4 Å². The van der Waals surface area contributed by atoms with Crippen LogP contribution >= 0.6 is 0 Å². The lowest BCUT2D eigenvalue weighted by molar-refractivity contribution is -0.0539. The zero-order valence-corrected chi connectivity index (χ0v) is 12.9. The minimum absolute atomic E-state index is 0.402. The Morgan fingerprint density at radius 2 is 2.16 bits per heavy atom. The van der Waals surface area contributed by atoms with Gasteiger partial charge >= 0.3 is 0 Å². The highest BCUT2D eigenvalue weighted by atomic mass is 16.5. The van der Waals surface area contributed by atoms with Gasteiger partial charge in [-0.25, -0.2) is 0 Å². The van der Waals surface area contributed by atoms with E-state index in [0.717, 1.165) is 51.3 Å². The highest BCUT2D eigenvalue weighted by Crippen LogP contribution is 2.13. The summed E-state index contributed by atoms with van der Waals surface area (Å²) in [5.41, 5.74) is 0. The Morgan fingerprint density at radius 1 is 1.37 bits per heavy atom. The molecule has 0 spiro atoms. The second-order valence-electron chi connectivity index (χ2n) is 6.45. The Kier molecular flexibility index (Phi) is 6.07. The van der Waals surface area contributed by atoms with Gasteiger partial charge in [0.05, 0.1) is 12.7 Å². The molecule has 2 fully saturated rings. The van der Waals surface area contributed by atoms with Gasteiger partial charge in [0.2, 0.25) is 0 Å². The smallest absolute Gasteiger partial charge is 0.0829 e. The molecule has 1 atom stereocenters. The minimum Gasteiger partial charge on any atom is -0.374 e. The molecule has 1 unspecified atom stereocenters. The van der Waals surface area contributed by atoms with Crippen LogP contribution in [-0.2, 0) is 4.74 Å². The SMILES string of the molecule is CCCN(CC1CN(CC(C)C)CCO1)C1CNC1. The van der Waals surface area contributed by atoms with Crippen molar-refractivity contribution in [3.8, 4) is 0 Å². The van der Waals surface area contributed by atoms with Gasteiger partial charge in [0, 0.05) is 45.3 Å². The fourth-order valence-electron chi connectivity index (χ4n) is 3.08. The van der Waals surface area contributed by atoms with Crippen molar-refractivity contribution >= 4 is 0 Å². The first-order valence-electron chi connectivity index (χ1n) is 7.97. The second kappa shape index (κ2) is 7.58. The quantitative estimate of drug-likeness (QED) is 0.747. The number of nitrogens with one attached hydrogen (secondary N) is 1. The summed E-state index contributed by atoms with van der Waals surface area (Å²) in [4.78, 5) is 5.20. The van der Waals surface area contributed by atoms with Gasteiger partial charge in [0.1, 0.15) is 0 Å². The van der Waals surface area contributed by atoms with Crippen LogP contribution in [0.15, 0.2) is 0 Å². The van der Waals surface area contributed by atoms with Crippen molar-refractivity contribution in [3.05, 3.63) is 0 Å². The predicted octanol–water partition coefficient (Wildman–Crippen LogP) is 1.03. The third-order valence-corrected chi connectivity index (χ3v) is 4.07. The van der Waals surface area contributed by atoms with Gasteiger partial charge < -0.3 is 10.1 Å². The van der Waals surface area contributed by atoms with Gasteiger partial charge in [0.25, 0.3) is 0 Å². The maximum absolute atomic E-state index is 5.98. The van der Waals surface area contributed by atoms with Crippen LogP contribution in [0, 0.1) is 5.92 Å². The molecule has 0 amide bonds. The van der Waals surface area contributed by atoms with E-state index in [2.05, 4.69) is 35.9 Å². The largest absolute Gasteiger partial charge is 0.374 e. The van der Waals surface area contributed by atoms with E-state index < -0.39 is 0 Å². The first-order chi connectivity index (χ1) is 9.19. The van der Waals surface area contributed by atoms with E-state index in [-0.39, 0.29) is 0 Å². The van der Waals surface area contributed by atoms with Gasteiger partial charge in [0.15, 0.2) is 0 Å². The summed E-state index contributed by atoms with van der Waals surface area (Å²) in [6.07, 6.45) is 1.64. The zero-order chi connectivity index (χ0) is 13.7.